The predicted molar refractivity (Wildman–Crippen MR) is 60.5 cm³/mol. The van der Waals surface area contributed by atoms with Crippen molar-refractivity contribution in [2.75, 3.05) is 0 Å². The van der Waals surface area contributed by atoms with E-state index in [4.69, 9.17) is 9.84 Å². The van der Waals surface area contributed by atoms with Crippen LogP contribution in [0.3, 0.4) is 0 Å². The minimum absolute atomic E-state index is 0.445. The van der Waals surface area contributed by atoms with Crippen molar-refractivity contribution < 1.29 is 19.4 Å². The molecule has 1 aliphatic rings. The Morgan fingerprint density at radius 1 is 1.29 bits per heavy atom. The molecule has 1 aliphatic carbocycles. The van der Waals surface area contributed by atoms with Crippen LogP contribution >= 0.6 is 0 Å². The zero-order chi connectivity index (χ0) is 12.5. The van der Waals surface area contributed by atoms with Crippen LogP contribution in [0.1, 0.15) is 31.2 Å². The fourth-order valence-electron chi connectivity index (χ4n) is 1.60. The molecular formula is C13H14O4. The number of carbonyl (C=O) groups is 2. The zero-order valence-corrected chi connectivity index (χ0v) is 9.55. The molecule has 0 amide bonds. The van der Waals surface area contributed by atoms with Crippen molar-refractivity contribution in [1.82, 2.24) is 0 Å². The summed E-state index contributed by atoms with van der Waals surface area (Å²) in [6, 6.07) is 8.43. The average molecular weight is 234 g/mol. The largest absolute Gasteiger partial charge is 0.480 e. The molecule has 1 fully saturated rings. The van der Waals surface area contributed by atoms with Crippen LogP contribution in [0.2, 0.25) is 0 Å². The Balaban J connectivity index is 2.18. The molecule has 0 aromatic heterocycles. The maximum Gasteiger partial charge on any atom is 0.325 e. The Labute approximate surface area is 99.2 Å². The number of hydrogen-bond acceptors (Lipinski definition) is 3. The number of carboxylic acid groups (broad SMARTS) is 1. The third kappa shape index (κ3) is 2.64. The number of esters is 1. The molecule has 17 heavy (non-hydrogen) atoms. The van der Waals surface area contributed by atoms with Crippen LogP contribution in [-0.4, -0.2) is 22.6 Å². The van der Waals surface area contributed by atoms with Crippen molar-refractivity contribution in [2.24, 2.45) is 0 Å². The summed E-state index contributed by atoms with van der Waals surface area (Å²) in [4.78, 5) is 23.0. The summed E-state index contributed by atoms with van der Waals surface area (Å²) in [6.45, 7) is 1.81. The lowest BCUT2D eigenvalue weighted by atomic mass is 9.99. The quantitative estimate of drug-likeness (QED) is 0.638. The van der Waals surface area contributed by atoms with E-state index in [0.29, 0.717) is 5.56 Å². The fourth-order valence-corrected chi connectivity index (χ4v) is 1.60. The van der Waals surface area contributed by atoms with Crippen molar-refractivity contribution in [3.8, 4) is 0 Å². The molecule has 1 unspecified atom stereocenters. The average Bonchev–Trinajstić information content (AvgIpc) is 2.97. The van der Waals surface area contributed by atoms with Gasteiger partial charge in [0, 0.05) is 0 Å². The second kappa shape index (κ2) is 4.20. The SMILES string of the molecule is CC1(OC(=O)C(C(=O)O)c2ccccc2)CC1. The Hall–Kier alpha value is -1.84. The molecule has 0 heterocycles. The van der Waals surface area contributed by atoms with Gasteiger partial charge >= 0.3 is 11.9 Å². The van der Waals surface area contributed by atoms with E-state index in [9.17, 15) is 9.59 Å². The normalized spacial score (nSPS) is 18.2. The molecule has 1 N–H and O–H groups in total. The summed E-state index contributed by atoms with van der Waals surface area (Å²) in [5.41, 5.74) is 0.00813. The van der Waals surface area contributed by atoms with Gasteiger partial charge in [-0.05, 0) is 25.3 Å². The Morgan fingerprint density at radius 3 is 2.35 bits per heavy atom. The van der Waals surface area contributed by atoms with E-state index in [1.165, 1.54) is 0 Å². The highest BCUT2D eigenvalue weighted by molar-refractivity contribution is 6.00. The van der Waals surface area contributed by atoms with Crippen LogP contribution in [0.5, 0.6) is 0 Å². The van der Waals surface area contributed by atoms with Gasteiger partial charge in [0.25, 0.3) is 0 Å². The van der Waals surface area contributed by atoms with Crippen LogP contribution in [-0.2, 0) is 14.3 Å². The van der Waals surface area contributed by atoms with Gasteiger partial charge < -0.3 is 9.84 Å². The van der Waals surface area contributed by atoms with Gasteiger partial charge in [0.2, 0.25) is 0 Å². The summed E-state index contributed by atoms with van der Waals surface area (Å²) in [7, 11) is 0. The first-order valence-corrected chi connectivity index (χ1v) is 5.52. The first-order valence-electron chi connectivity index (χ1n) is 5.52. The number of ether oxygens (including phenoxy) is 1. The Kier molecular flexibility index (Phi) is 2.88. The van der Waals surface area contributed by atoms with Gasteiger partial charge in [-0.15, -0.1) is 0 Å². The monoisotopic (exact) mass is 234 g/mol. The molecule has 1 aromatic rings. The van der Waals surface area contributed by atoms with Crippen LogP contribution in [0.4, 0.5) is 0 Å². The van der Waals surface area contributed by atoms with Gasteiger partial charge in [-0.25, -0.2) is 0 Å². The van der Waals surface area contributed by atoms with E-state index < -0.39 is 23.5 Å². The van der Waals surface area contributed by atoms with E-state index in [2.05, 4.69) is 0 Å². The predicted octanol–water partition coefficient (Wildman–Crippen LogP) is 1.95. The molecule has 1 atom stereocenters. The fraction of sp³-hybridized carbons (Fsp3) is 0.385. The second-order valence-electron chi connectivity index (χ2n) is 4.55. The lowest BCUT2D eigenvalue weighted by Crippen LogP contribution is -2.27. The number of carbonyl (C=O) groups excluding carboxylic acids is 1. The van der Waals surface area contributed by atoms with Gasteiger partial charge in [-0.3, -0.25) is 9.59 Å². The van der Waals surface area contributed by atoms with E-state index in [1.54, 1.807) is 30.3 Å². The molecule has 2 rings (SSSR count). The molecule has 1 saturated carbocycles. The van der Waals surface area contributed by atoms with Gasteiger partial charge in [-0.2, -0.15) is 0 Å². The topological polar surface area (TPSA) is 63.6 Å². The van der Waals surface area contributed by atoms with Gasteiger partial charge in [0.1, 0.15) is 5.60 Å². The first-order chi connectivity index (χ1) is 8.02. The summed E-state index contributed by atoms with van der Waals surface area (Å²) in [6.07, 6.45) is 1.61. The molecule has 4 nitrogen and oxygen atoms in total. The van der Waals surface area contributed by atoms with Crippen LogP contribution in [0, 0.1) is 0 Å². The molecule has 0 spiro atoms. The molecule has 90 valence electrons. The van der Waals surface area contributed by atoms with Gasteiger partial charge in [0.15, 0.2) is 5.92 Å². The maximum atomic E-state index is 11.8. The minimum Gasteiger partial charge on any atom is -0.480 e. The van der Waals surface area contributed by atoms with E-state index in [1.807, 2.05) is 6.92 Å². The zero-order valence-electron chi connectivity index (χ0n) is 9.55. The summed E-state index contributed by atoms with van der Waals surface area (Å²) in [5.74, 6) is -3.08. The Morgan fingerprint density at radius 2 is 1.88 bits per heavy atom. The number of hydrogen-bond donors (Lipinski definition) is 1. The Bertz CT molecular complexity index is 434. The molecule has 0 aliphatic heterocycles. The van der Waals surface area contributed by atoms with Crippen molar-refractivity contribution in [3.63, 3.8) is 0 Å². The third-order valence-electron chi connectivity index (χ3n) is 2.92. The summed E-state index contributed by atoms with van der Waals surface area (Å²) >= 11 is 0. The van der Waals surface area contributed by atoms with Gasteiger partial charge in [-0.1, -0.05) is 30.3 Å². The minimum atomic E-state index is -1.23. The number of benzene rings is 1. The highest BCUT2D eigenvalue weighted by Gasteiger charge is 2.44. The third-order valence-corrected chi connectivity index (χ3v) is 2.92. The molecule has 4 heteroatoms. The smallest absolute Gasteiger partial charge is 0.325 e. The second-order valence-corrected chi connectivity index (χ2v) is 4.55. The number of aliphatic carboxylic acids is 1. The molecule has 0 saturated heterocycles. The first kappa shape index (κ1) is 11.6. The molecule has 1 aromatic carbocycles. The van der Waals surface area contributed by atoms with Crippen molar-refractivity contribution in [2.45, 2.75) is 31.3 Å². The highest BCUT2D eigenvalue weighted by Crippen LogP contribution is 2.40. The molecular weight excluding hydrogens is 220 g/mol. The van der Waals surface area contributed by atoms with E-state index in [0.717, 1.165) is 12.8 Å². The summed E-state index contributed by atoms with van der Waals surface area (Å²) < 4.78 is 5.21. The number of carboxylic acids is 1. The van der Waals surface area contributed by atoms with Crippen molar-refractivity contribution >= 4 is 11.9 Å². The summed E-state index contributed by atoms with van der Waals surface area (Å²) in [5, 5.41) is 9.11. The van der Waals surface area contributed by atoms with Crippen LogP contribution < -0.4 is 0 Å². The van der Waals surface area contributed by atoms with Crippen molar-refractivity contribution in [1.29, 1.82) is 0 Å². The van der Waals surface area contributed by atoms with Crippen LogP contribution in [0.25, 0.3) is 0 Å². The van der Waals surface area contributed by atoms with Gasteiger partial charge in [0.05, 0.1) is 0 Å². The lowest BCUT2D eigenvalue weighted by Gasteiger charge is -2.16. The van der Waals surface area contributed by atoms with E-state index >= 15 is 0 Å². The van der Waals surface area contributed by atoms with Crippen LogP contribution in [0.15, 0.2) is 30.3 Å². The maximum absolute atomic E-state index is 11.8. The lowest BCUT2D eigenvalue weighted by molar-refractivity contribution is -0.158. The molecule has 0 radical (unpaired) electrons. The van der Waals surface area contributed by atoms with Crippen molar-refractivity contribution in [3.05, 3.63) is 35.9 Å². The van der Waals surface area contributed by atoms with E-state index in [-0.39, 0.29) is 0 Å². The number of rotatable bonds is 4. The highest BCUT2D eigenvalue weighted by atomic mass is 16.6. The standard InChI is InChI=1S/C13H14O4/c1-13(7-8-13)17-12(16)10(11(14)15)9-5-3-2-4-6-9/h2-6,10H,7-8H2,1H3,(H,14,15). The molecule has 0 bridgehead atoms.